The number of aromatic nitrogens is 2. The van der Waals surface area contributed by atoms with Crippen LogP contribution in [-0.2, 0) is 27.3 Å². The molecule has 160 valence electrons. The lowest BCUT2D eigenvalue weighted by Gasteiger charge is -2.40. The number of carbonyl (C=O) groups excluding carboxylic acids is 2. The number of benzene rings is 1. The van der Waals surface area contributed by atoms with Gasteiger partial charge in [0.15, 0.2) is 0 Å². The Morgan fingerprint density at radius 1 is 1.03 bits per heavy atom. The Morgan fingerprint density at radius 3 is 2.63 bits per heavy atom. The Bertz CT molecular complexity index is 857. The fraction of sp³-hybridized carbons (Fsp3) is 0.522. The first-order valence-corrected chi connectivity index (χ1v) is 10.8. The molecule has 1 aromatic carbocycles. The van der Waals surface area contributed by atoms with Gasteiger partial charge in [-0.3, -0.25) is 14.3 Å². The van der Waals surface area contributed by atoms with E-state index in [1.165, 1.54) is 5.56 Å². The number of nitrogens with zero attached hydrogens (tertiary/aromatic N) is 3. The molecule has 0 unspecified atom stereocenters. The first kappa shape index (κ1) is 20.4. The van der Waals surface area contributed by atoms with Gasteiger partial charge in [0.2, 0.25) is 5.91 Å². The molecule has 0 saturated carbocycles. The molecule has 1 saturated heterocycles. The summed E-state index contributed by atoms with van der Waals surface area (Å²) in [5.74, 6) is 0.784. The molecule has 2 aromatic rings. The predicted octanol–water partition coefficient (Wildman–Crippen LogP) is 2.84. The Balaban J connectivity index is 1.38. The molecule has 3 heterocycles. The average Bonchev–Trinajstić information content (AvgIpc) is 3.27. The standard InChI is InChI=1S/C23H29N3O4/c27-21(18-26-13-5-12-24-26)25-14-10-23(11-15-25)9-4-3-7-19-6-1-2-8-20(19)29-16-17-30-22(23)28/h1-2,5-6,8,12-13H,3-4,7,9-11,14-18H2. The molecule has 0 radical (unpaired) electrons. The van der Waals surface area contributed by atoms with Crippen molar-refractivity contribution in [1.82, 2.24) is 14.7 Å². The minimum atomic E-state index is -0.499. The second-order valence-electron chi connectivity index (χ2n) is 8.16. The quantitative estimate of drug-likeness (QED) is 0.711. The van der Waals surface area contributed by atoms with Gasteiger partial charge in [-0.2, -0.15) is 5.10 Å². The summed E-state index contributed by atoms with van der Waals surface area (Å²) in [6, 6.07) is 9.88. The van der Waals surface area contributed by atoms with Crippen LogP contribution in [0.4, 0.5) is 0 Å². The van der Waals surface area contributed by atoms with Gasteiger partial charge < -0.3 is 14.4 Å². The van der Waals surface area contributed by atoms with E-state index in [1.54, 1.807) is 17.1 Å². The molecule has 0 bridgehead atoms. The molecule has 2 aliphatic heterocycles. The van der Waals surface area contributed by atoms with Gasteiger partial charge in [0.25, 0.3) is 0 Å². The molecule has 1 fully saturated rings. The highest BCUT2D eigenvalue weighted by Gasteiger charge is 2.43. The molecule has 1 aromatic heterocycles. The van der Waals surface area contributed by atoms with E-state index in [4.69, 9.17) is 9.47 Å². The van der Waals surface area contributed by atoms with Crippen LogP contribution >= 0.6 is 0 Å². The number of carbonyl (C=O) groups is 2. The highest BCUT2D eigenvalue weighted by molar-refractivity contribution is 5.79. The first-order chi connectivity index (χ1) is 14.7. The van der Waals surface area contributed by atoms with Crippen molar-refractivity contribution in [3.05, 3.63) is 48.3 Å². The van der Waals surface area contributed by atoms with Gasteiger partial charge in [0.1, 0.15) is 25.5 Å². The van der Waals surface area contributed by atoms with E-state index in [-0.39, 0.29) is 25.0 Å². The van der Waals surface area contributed by atoms with Crippen molar-refractivity contribution in [2.45, 2.75) is 45.1 Å². The van der Waals surface area contributed by atoms with Gasteiger partial charge in [0, 0.05) is 25.5 Å². The lowest BCUT2D eigenvalue weighted by atomic mass is 9.74. The number of esters is 1. The van der Waals surface area contributed by atoms with Crippen LogP contribution in [-0.4, -0.2) is 52.9 Å². The third-order valence-corrected chi connectivity index (χ3v) is 6.26. The second-order valence-corrected chi connectivity index (χ2v) is 8.16. The van der Waals surface area contributed by atoms with E-state index in [9.17, 15) is 9.59 Å². The number of amides is 1. The van der Waals surface area contributed by atoms with E-state index >= 15 is 0 Å². The molecule has 1 amide bonds. The van der Waals surface area contributed by atoms with Crippen molar-refractivity contribution in [3.8, 4) is 5.75 Å². The third kappa shape index (κ3) is 4.66. The molecule has 7 nitrogen and oxygen atoms in total. The number of rotatable bonds is 2. The summed E-state index contributed by atoms with van der Waals surface area (Å²) < 4.78 is 13.1. The summed E-state index contributed by atoms with van der Waals surface area (Å²) >= 11 is 0. The molecule has 0 atom stereocenters. The molecule has 30 heavy (non-hydrogen) atoms. The first-order valence-electron chi connectivity index (χ1n) is 10.8. The molecule has 0 N–H and O–H groups in total. The van der Waals surface area contributed by atoms with Gasteiger partial charge in [-0.25, -0.2) is 0 Å². The fourth-order valence-electron chi connectivity index (χ4n) is 4.44. The minimum absolute atomic E-state index is 0.0417. The minimum Gasteiger partial charge on any atom is -0.490 e. The van der Waals surface area contributed by atoms with Crippen LogP contribution < -0.4 is 4.74 Å². The van der Waals surface area contributed by atoms with Crippen molar-refractivity contribution >= 4 is 11.9 Å². The highest BCUT2D eigenvalue weighted by atomic mass is 16.6. The van der Waals surface area contributed by atoms with E-state index in [0.29, 0.717) is 32.5 Å². The summed E-state index contributed by atoms with van der Waals surface area (Å²) in [6.07, 6.45) is 8.44. The number of fused-ring (bicyclic) bond motifs is 1. The molecule has 0 aliphatic carbocycles. The SMILES string of the molecule is O=C(Cn1cccn1)N1CCC2(CCCCc3ccccc3OCCOC2=O)CC1. The summed E-state index contributed by atoms with van der Waals surface area (Å²) in [4.78, 5) is 27.4. The Morgan fingerprint density at radius 2 is 1.83 bits per heavy atom. The summed E-state index contributed by atoms with van der Waals surface area (Å²) in [5.41, 5.74) is 0.707. The molecule has 7 heteroatoms. The lowest BCUT2D eigenvalue weighted by Crippen LogP contribution is -2.48. The van der Waals surface area contributed by atoms with Gasteiger partial charge in [-0.05, 0) is 49.8 Å². The van der Waals surface area contributed by atoms with Gasteiger partial charge in [-0.1, -0.05) is 24.6 Å². The van der Waals surface area contributed by atoms with E-state index in [1.807, 2.05) is 29.2 Å². The largest absolute Gasteiger partial charge is 0.490 e. The Hall–Kier alpha value is -2.83. The maximum atomic E-state index is 13.0. The molecular weight excluding hydrogens is 382 g/mol. The molecule has 4 rings (SSSR count). The van der Waals surface area contributed by atoms with Crippen LogP contribution in [0.3, 0.4) is 0 Å². The Labute approximate surface area is 177 Å². The lowest BCUT2D eigenvalue weighted by molar-refractivity contribution is -0.162. The van der Waals surface area contributed by atoms with Crippen molar-refractivity contribution in [3.63, 3.8) is 0 Å². The fourth-order valence-corrected chi connectivity index (χ4v) is 4.44. The zero-order valence-electron chi connectivity index (χ0n) is 17.3. The van der Waals surface area contributed by atoms with E-state index in [2.05, 4.69) is 11.2 Å². The van der Waals surface area contributed by atoms with Crippen molar-refractivity contribution in [1.29, 1.82) is 0 Å². The smallest absolute Gasteiger partial charge is 0.312 e. The van der Waals surface area contributed by atoms with Crippen LogP contribution in [0.2, 0.25) is 0 Å². The van der Waals surface area contributed by atoms with Crippen LogP contribution in [0, 0.1) is 5.41 Å². The number of hydrogen-bond acceptors (Lipinski definition) is 5. The van der Waals surface area contributed by atoms with Crippen LogP contribution in [0.5, 0.6) is 5.75 Å². The van der Waals surface area contributed by atoms with Gasteiger partial charge >= 0.3 is 5.97 Å². The monoisotopic (exact) mass is 411 g/mol. The van der Waals surface area contributed by atoms with Gasteiger partial charge in [-0.15, -0.1) is 0 Å². The number of ether oxygens (including phenoxy) is 2. The number of aryl methyl sites for hydroxylation is 1. The molecule has 2 aliphatic rings. The van der Waals surface area contributed by atoms with Crippen LogP contribution in [0.25, 0.3) is 0 Å². The number of likely N-dealkylation sites (tertiary alicyclic amines) is 1. The number of piperidine rings is 1. The number of para-hydroxylation sites is 1. The zero-order chi connectivity index (χ0) is 20.8. The third-order valence-electron chi connectivity index (χ3n) is 6.26. The maximum absolute atomic E-state index is 13.0. The summed E-state index contributed by atoms with van der Waals surface area (Å²) in [6.45, 7) is 1.99. The molecule has 1 spiro atoms. The predicted molar refractivity (Wildman–Crippen MR) is 111 cm³/mol. The van der Waals surface area contributed by atoms with E-state index in [0.717, 1.165) is 31.4 Å². The van der Waals surface area contributed by atoms with E-state index < -0.39 is 5.41 Å². The van der Waals surface area contributed by atoms with Crippen molar-refractivity contribution < 1.29 is 19.1 Å². The van der Waals surface area contributed by atoms with Crippen LogP contribution in [0.1, 0.15) is 37.7 Å². The normalized spacial score (nSPS) is 19.7. The Kier molecular flexibility index (Phi) is 6.35. The van der Waals surface area contributed by atoms with Crippen LogP contribution in [0.15, 0.2) is 42.7 Å². The highest BCUT2D eigenvalue weighted by Crippen LogP contribution is 2.38. The van der Waals surface area contributed by atoms with Crippen molar-refractivity contribution in [2.75, 3.05) is 26.3 Å². The van der Waals surface area contributed by atoms with Gasteiger partial charge in [0.05, 0.1) is 5.41 Å². The maximum Gasteiger partial charge on any atom is 0.312 e. The average molecular weight is 412 g/mol. The number of hydrogen-bond donors (Lipinski definition) is 0. The summed E-state index contributed by atoms with van der Waals surface area (Å²) in [7, 11) is 0. The summed E-state index contributed by atoms with van der Waals surface area (Å²) in [5, 5.41) is 4.10. The van der Waals surface area contributed by atoms with Crippen molar-refractivity contribution in [2.24, 2.45) is 5.41 Å². The zero-order valence-corrected chi connectivity index (χ0v) is 17.3. The molecular formula is C23H29N3O4. The second kappa shape index (κ2) is 9.32. The number of cyclic esters (lactones) is 1. The topological polar surface area (TPSA) is 73.7 Å².